The molecule has 0 fully saturated rings. The Labute approximate surface area is 164 Å². The average molecular weight is 466 g/mol. The smallest absolute Gasteiger partial charge is 0.175 e. The van der Waals surface area contributed by atoms with Crippen LogP contribution in [0.2, 0.25) is 0 Å². The molecule has 0 amide bonds. The van der Waals surface area contributed by atoms with Crippen LogP contribution in [0.15, 0.2) is 24.5 Å². The molecule has 0 bridgehead atoms. The van der Waals surface area contributed by atoms with Crippen LogP contribution in [0.25, 0.3) is 5.82 Å². The van der Waals surface area contributed by atoms with E-state index in [4.69, 9.17) is 4.98 Å². The summed E-state index contributed by atoms with van der Waals surface area (Å²) in [6, 6.07) is 3.87. The summed E-state index contributed by atoms with van der Waals surface area (Å²) >= 11 is 4.13. The second-order valence-corrected chi connectivity index (χ2v) is 8.51. The zero-order valence-corrected chi connectivity index (χ0v) is 16.8. The number of hydrogen-bond donors (Lipinski definition) is 1. The Hall–Kier alpha value is -1.55. The first-order valence-electron chi connectivity index (χ1n) is 8.53. The molecule has 3 aromatic rings. The molecule has 25 heavy (non-hydrogen) atoms. The van der Waals surface area contributed by atoms with Gasteiger partial charge in [0.05, 0.1) is 20.5 Å². The highest BCUT2D eigenvalue weighted by atomic mass is 127. The maximum Gasteiger partial charge on any atom is 0.175 e. The quantitative estimate of drug-likeness (QED) is 0.444. The third-order valence-electron chi connectivity index (χ3n) is 4.20. The molecule has 0 saturated heterocycles. The van der Waals surface area contributed by atoms with E-state index in [0.717, 1.165) is 34.6 Å². The van der Waals surface area contributed by atoms with Crippen LogP contribution in [-0.4, -0.2) is 31.5 Å². The summed E-state index contributed by atoms with van der Waals surface area (Å²) in [7, 11) is 0. The Morgan fingerprint density at radius 2 is 2.12 bits per heavy atom. The van der Waals surface area contributed by atoms with Crippen molar-refractivity contribution in [1.82, 2.24) is 25.0 Å². The third-order valence-corrected chi connectivity index (χ3v) is 5.97. The molecule has 8 heteroatoms. The highest BCUT2D eigenvalue weighted by molar-refractivity contribution is 14.1. The van der Waals surface area contributed by atoms with Crippen molar-refractivity contribution < 1.29 is 0 Å². The van der Waals surface area contributed by atoms with Gasteiger partial charge in [-0.25, -0.2) is 9.67 Å². The van der Waals surface area contributed by atoms with E-state index in [2.05, 4.69) is 43.2 Å². The minimum Gasteiger partial charge on any atom is -0.369 e. The third kappa shape index (κ3) is 4.17. The number of anilines is 1. The lowest BCUT2D eigenvalue weighted by atomic mass is 10.0. The van der Waals surface area contributed by atoms with E-state index in [0.29, 0.717) is 0 Å². The number of aryl methyl sites for hydroxylation is 3. The second kappa shape index (κ2) is 7.77. The highest BCUT2D eigenvalue weighted by Gasteiger charge is 2.14. The molecule has 1 aliphatic rings. The first-order chi connectivity index (χ1) is 12.3. The predicted molar refractivity (Wildman–Crippen MR) is 107 cm³/mol. The SMILES string of the molecule is Ic1cnn(-c2ccc(NCCCc3nc4c(s3)CCCC4)nn2)c1. The van der Waals surface area contributed by atoms with Crippen molar-refractivity contribution in [2.24, 2.45) is 0 Å². The molecule has 3 heterocycles. The van der Waals surface area contributed by atoms with Crippen LogP contribution in [0, 0.1) is 3.57 Å². The van der Waals surface area contributed by atoms with E-state index in [1.54, 1.807) is 10.9 Å². The number of halogens is 1. The number of nitrogens with one attached hydrogen (secondary N) is 1. The highest BCUT2D eigenvalue weighted by Crippen LogP contribution is 2.27. The van der Waals surface area contributed by atoms with Crippen molar-refractivity contribution in [3.05, 3.63) is 43.7 Å². The van der Waals surface area contributed by atoms with Crippen LogP contribution >= 0.6 is 33.9 Å². The Morgan fingerprint density at radius 1 is 1.20 bits per heavy atom. The predicted octanol–water partition coefficient (Wildman–Crippen LogP) is 3.65. The number of aromatic nitrogens is 5. The van der Waals surface area contributed by atoms with Gasteiger partial charge in [-0.2, -0.15) is 5.10 Å². The zero-order chi connectivity index (χ0) is 17.1. The van der Waals surface area contributed by atoms with Gasteiger partial charge in [0, 0.05) is 24.0 Å². The van der Waals surface area contributed by atoms with E-state index in [1.807, 2.05) is 29.7 Å². The van der Waals surface area contributed by atoms with E-state index < -0.39 is 0 Å². The zero-order valence-electron chi connectivity index (χ0n) is 13.8. The van der Waals surface area contributed by atoms with Gasteiger partial charge < -0.3 is 5.32 Å². The van der Waals surface area contributed by atoms with Crippen molar-refractivity contribution in [2.45, 2.75) is 38.5 Å². The van der Waals surface area contributed by atoms with Crippen LogP contribution in [0.4, 0.5) is 5.82 Å². The monoisotopic (exact) mass is 466 g/mol. The van der Waals surface area contributed by atoms with Crippen molar-refractivity contribution in [3.8, 4) is 5.82 Å². The van der Waals surface area contributed by atoms with Gasteiger partial charge in [-0.15, -0.1) is 21.5 Å². The topological polar surface area (TPSA) is 68.5 Å². The van der Waals surface area contributed by atoms with E-state index in [-0.39, 0.29) is 0 Å². The van der Waals surface area contributed by atoms with Gasteiger partial charge in [-0.1, -0.05) is 0 Å². The van der Waals surface area contributed by atoms with Crippen LogP contribution < -0.4 is 5.32 Å². The maximum atomic E-state index is 4.79. The molecular weight excluding hydrogens is 447 g/mol. The molecular formula is C17H19IN6S. The van der Waals surface area contributed by atoms with Crippen molar-refractivity contribution in [3.63, 3.8) is 0 Å². The van der Waals surface area contributed by atoms with Gasteiger partial charge in [0.1, 0.15) is 5.82 Å². The van der Waals surface area contributed by atoms with Gasteiger partial charge in [0.2, 0.25) is 0 Å². The van der Waals surface area contributed by atoms with Gasteiger partial charge in [0.25, 0.3) is 0 Å². The summed E-state index contributed by atoms with van der Waals surface area (Å²) in [5, 5.41) is 17.3. The first kappa shape index (κ1) is 16.9. The van der Waals surface area contributed by atoms with Crippen LogP contribution in [0.1, 0.15) is 34.8 Å². The van der Waals surface area contributed by atoms with Gasteiger partial charge in [-0.3, -0.25) is 0 Å². The molecule has 0 aliphatic heterocycles. The molecule has 0 aromatic carbocycles. The number of fused-ring (bicyclic) bond motifs is 1. The average Bonchev–Trinajstić information content (AvgIpc) is 3.25. The Balaban J connectivity index is 1.26. The minimum atomic E-state index is 0.724. The lowest BCUT2D eigenvalue weighted by Gasteiger charge is -2.06. The molecule has 0 atom stereocenters. The summed E-state index contributed by atoms with van der Waals surface area (Å²) in [6.07, 6.45) is 10.8. The molecule has 0 unspecified atom stereocenters. The fourth-order valence-electron chi connectivity index (χ4n) is 2.94. The Morgan fingerprint density at radius 3 is 2.88 bits per heavy atom. The minimum absolute atomic E-state index is 0.724. The Kier molecular flexibility index (Phi) is 5.25. The Bertz CT molecular complexity index is 818. The molecule has 0 saturated carbocycles. The van der Waals surface area contributed by atoms with Crippen LogP contribution in [-0.2, 0) is 19.3 Å². The molecule has 3 aromatic heterocycles. The maximum absolute atomic E-state index is 4.79. The molecule has 130 valence electrons. The molecule has 0 spiro atoms. The normalized spacial score (nSPS) is 13.6. The number of nitrogens with zero attached hydrogens (tertiary/aromatic N) is 5. The first-order valence-corrected chi connectivity index (χ1v) is 10.4. The lowest BCUT2D eigenvalue weighted by molar-refractivity contribution is 0.679. The molecule has 6 nitrogen and oxygen atoms in total. The number of rotatable bonds is 6. The van der Waals surface area contributed by atoms with Crippen LogP contribution in [0.5, 0.6) is 0 Å². The summed E-state index contributed by atoms with van der Waals surface area (Å²) in [5.74, 6) is 1.52. The molecule has 1 N–H and O–H groups in total. The number of thiazole rings is 1. The summed E-state index contributed by atoms with van der Waals surface area (Å²) in [5.41, 5.74) is 1.36. The summed E-state index contributed by atoms with van der Waals surface area (Å²) in [4.78, 5) is 6.31. The molecule has 4 rings (SSSR count). The van der Waals surface area contributed by atoms with E-state index >= 15 is 0 Å². The van der Waals surface area contributed by atoms with Gasteiger partial charge in [0.15, 0.2) is 5.82 Å². The standard InChI is InChI=1S/C17H19IN6S/c18-12-10-20-24(11-12)16-8-7-15(22-23-16)19-9-3-6-17-21-13-4-1-2-5-14(13)25-17/h7-8,10-11H,1-6,9H2,(H,19,22). The van der Waals surface area contributed by atoms with Crippen molar-refractivity contribution in [1.29, 1.82) is 0 Å². The largest absolute Gasteiger partial charge is 0.369 e. The van der Waals surface area contributed by atoms with Crippen molar-refractivity contribution in [2.75, 3.05) is 11.9 Å². The fourth-order valence-corrected chi connectivity index (χ4v) is 4.52. The fraction of sp³-hybridized carbons (Fsp3) is 0.412. The summed E-state index contributed by atoms with van der Waals surface area (Å²) < 4.78 is 2.80. The van der Waals surface area contributed by atoms with Gasteiger partial charge in [-0.05, 0) is 66.8 Å². The molecule has 1 aliphatic carbocycles. The van der Waals surface area contributed by atoms with Crippen LogP contribution in [0.3, 0.4) is 0 Å². The number of hydrogen-bond acceptors (Lipinski definition) is 6. The lowest BCUT2D eigenvalue weighted by Crippen LogP contribution is -2.07. The van der Waals surface area contributed by atoms with E-state index in [1.165, 1.54) is 41.3 Å². The van der Waals surface area contributed by atoms with Gasteiger partial charge >= 0.3 is 0 Å². The van der Waals surface area contributed by atoms with Crippen molar-refractivity contribution >= 4 is 39.7 Å². The summed E-state index contributed by atoms with van der Waals surface area (Å²) in [6.45, 7) is 0.873. The van der Waals surface area contributed by atoms with E-state index in [9.17, 15) is 0 Å². The molecule has 0 radical (unpaired) electrons. The second-order valence-electron chi connectivity index (χ2n) is 6.09.